The molecule has 0 rings (SSSR count). The third-order valence-electron chi connectivity index (χ3n) is 3.66. The Bertz CT molecular complexity index is 839. The van der Waals surface area contributed by atoms with E-state index in [9.17, 15) is 0 Å². The van der Waals surface area contributed by atoms with Gasteiger partial charge in [0.15, 0.2) is 33.9 Å². The minimum Gasteiger partial charge on any atom is -0.541 e. The van der Waals surface area contributed by atoms with Crippen LogP contribution in [0, 0.1) is 0 Å². The molecule has 14 heteroatoms. The van der Waals surface area contributed by atoms with Crippen LogP contribution in [0.4, 0.5) is 0 Å². The molecular weight excluding hydrogens is 581 g/mol. The maximum atomic E-state index is 6.76. The normalized spacial score (nSPS) is 16.3. The Morgan fingerprint density at radius 2 is 1.05 bits per heavy atom. The number of hydrogen-bond donors (Lipinski definition) is 0. The van der Waals surface area contributed by atoms with Crippen LogP contribution >= 0.6 is 0 Å². The molecule has 0 N–H and O–H groups in total. The van der Waals surface area contributed by atoms with Crippen molar-refractivity contribution in [2.75, 3.05) is 6.61 Å². The molecule has 0 radical (unpaired) electrons. The molecule has 1 atom stereocenters. The second-order valence-electron chi connectivity index (χ2n) is 15.4. The first-order chi connectivity index (χ1) is 16.6. The van der Waals surface area contributed by atoms with Gasteiger partial charge in [0.1, 0.15) is 12.3 Å². The van der Waals surface area contributed by atoms with E-state index in [2.05, 4.69) is 123 Å². The summed E-state index contributed by atoms with van der Waals surface area (Å²) < 4.78 is 38.5. The van der Waals surface area contributed by atoms with E-state index in [1.54, 1.807) is 6.21 Å². The van der Waals surface area contributed by atoms with Gasteiger partial charge in [0.05, 0.1) is 6.61 Å². The maximum absolute atomic E-state index is 6.76. The molecule has 0 aliphatic rings. The van der Waals surface area contributed by atoms with Crippen LogP contribution in [0.15, 0.2) is 21.8 Å². The highest BCUT2D eigenvalue weighted by molar-refractivity contribution is 6.72. The van der Waals surface area contributed by atoms with Crippen LogP contribution in [-0.4, -0.2) is 74.5 Å². The molecule has 0 saturated heterocycles. The van der Waals surface area contributed by atoms with Gasteiger partial charge in [-0.05, 0) is 118 Å². The average Bonchev–Trinajstić information content (AvgIpc) is 2.58. The molecule has 0 aliphatic carbocycles. The fraction of sp³-hybridized carbons (Fsp3) is 0.833. The summed E-state index contributed by atoms with van der Waals surface area (Å²) in [5.74, 6) is 1.01. The van der Waals surface area contributed by atoms with Gasteiger partial charge in [-0.2, -0.15) is 0 Å². The van der Waals surface area contributed by atoms with E-state index in [1.807, 2.05) is 0 Å². The lowest BCUT2D eigenvalue weighted by Crippen LogP contribution is -2.45. The molecule has 0 aromatic heterocycles. The summed E-state index contributed by atoms with van der Waals surface area (Å²) in [5, 5.41) is 9.12. The molecule has 0 aromatic carbocycles. The lowest BCUT2D eigenvalue weighted by Gasteiger charge is -2.33. The molecular formula is C24H58N2O6Si6. The van der Waals surface area contributed by atoms with Crippen molar-refractivity contribution in [1.29, 1.82) is 0 Å². The zero-order valence-corrected chi connectivity index (χ0v) is 33.7. The van der Waals surface area contributed by atoms with Gasteiger partial charge in [0, 0.05) is 0 Å². The topological polar surface area (TPSA) is 80.1 Å². The summed E-state index contributed by atoms with van der Waals surface area (Å²) in [6.07, 6.45) is 1.16. The monoisotopic (exact) mass is 638 g/mol. The first-order valence-electron chi connectivity index (χ1n) is 13.5. The SMILES string of the molecule is C[Si](C)(C)OCC(O[Si](C)(C)C)C(=NO[Si](C)(C)C)/C(O[Si](C)(C)C)=C(/C=NO[Si](C)(C)C)O[Si](C)(C)C. The van der Waals surface area contributed by atoms with E-state index < -0.39 is 56.0 Å². The Kier molecular flexibility index (Phi) is 13.7. The second-order valence-corrected chi connectivity index (χ2v) is 42.0. The Labute approximate surface area is 240 Å². The number of nitrogens with zero attached hydrogens (tertiary/aromatic N) is 2. The molecule has 0 heterocycles. The third-order valence-corrected chi connectivity index (χ3v) is 8.63. The fourth-order valence-corrected chi connectivity index (χ4v) is 6.63. The minimum absolute atomic E-state index is 0.356. The lowest BCUT2D eigenvalue weighted by atomic mass is 10.2. The first-order valence-corrected chi connectivity index (χ1v) is 33.9. The van der Waals surface area contributed by atoms with E-state index in [1.165, 1.54) is 0 Å². The van der Waals surface area contributed by atoms with E-state index in [0.29, 0.717) is 23.8 Å². The Morgan fingerprint density at radius 3 is 1.42 bits per heavy atom. The van der Waals surface area contributed by atoms with Crippen LogP contribution in [0.2, 0.25) is 118 Å². The van der Waals surface area contributed by atoms with Gasteiger partial charge in [-0.1, -0.05) is 5.16 Å². The maximum Gasteiger partial charge on any atom is 0.278 e. The highest BCUT2D eigenvalue weighted by atomic mass is 28.4. The van der Waals surface area contributed by atoms with Gasteiger partial charge >= 0.3 is 0 Å². The molecule has 0 aliphatic heterocycles. The highest BCUT2D eigenvalue weighted by Gasteiger charge is 2.36. The molecule has 0 fully saturated rings. The zero-order chi connectivity index (χ0) is 30.4. The summed E-state index contributed by atoms with van der Waals surface area (Å²) in [4.78, 5) is 0. The van der Waals surface area contributed by atoms with Crippen LogP contribution in [0.25, 0.3) is 0 Å². The van der Waals surface area contributed by atoms with Gasteiger partial charge in [-0.15, -0.1) is 5.16 Å². The lowest BCUT2D eigenvalue weighted by molar-refractivity contribution is 0.161. The predicted molar refractivity (Wildman–Crippen MR) is 178 cm³/mol. The van der Waals surface area contributed by atoms with Gasteiger partial charge in [0.2, 0.25) is 16.6 Å². The van der Waals surface area contributed by atoms with Crippen molar-refractivity contribution in [3.63, 3.8) is 0 Å². The van der Waals surface area contributed by atoms with Crippen LogP contribution in [-0.2, 0) is 26.8 Å². The minimum atomic E-state index is -2.15. The molecule has 38 heavy (non-hydrogen) atoms. The summed E-state index contributed by atoms with van der Waals surface area (Å²) in [5.41, 5.74) is 0.559. The zero-order valence-electron chi connectivity index (χ0n) is 27.7. The second kappa shape index (κ2) is 13.9. The van der Waals surface area contributed by atoms with Gasteiger partial charge in [-0.25, -0.2) is 0 Å². The van der Waals surface area contributed by atoms with Crippen LogP contribution < -0.4 is 0 Å². The molecule has 0 amide bonds. The van der Waals surface area contributed by atoms with Crippen LogP contribution in [0.1, 0.15) is 0 Å². The standard InChI is InChI=1S/C24H58N2O6Si6/c1-33(2,3)27-20-22(29-35(7,8)9)23(26-32-38(16,17)18)24(30-36(10,11)12)21(28-34(4,5)6)19-25-31-37(13,14)15/h19,22H,20H2,1-18H3/b24-21+,25-19?,26-23?. The van der Waals surface area contributed by atoms with Crippen molar-refractivity contribution >= 4 is 61.8 Å². The van der Waals surface area contributed by atoms with Gasteiger partial charge in [0.25, 0.3) is 16.6 Å². The third kappa shape index (κ3) is 20.4. The summed E-state index contributed by atoms with van der Waals surface area (Å²) in [6.45, 7) is 38.7. The molecule has 0 aromatic rings. The fourth-order valence-electron chi connectivity index (χ4n) is 2.58. The van der Waals surface area contributed by atoms with Gasteiger partial charge < -0.3 is 26.8 Å². The summed E-state index contributed by atoms with van der Waals surface area (Å²) in [7, 11) is -12.1. The van der Waals surface area contributed by atoms with Crippen molar-refractivity contribution in [2.45, 2.75) is 124 Å². The Hall–Kier alpha value is -0.499. The van der Waals surface area contributed by atoms with Crippen molar-refractivity contribution in [2.24, 2.45) is 10.3 Å². The van der Waals surface area contributed by atoms with Gasteiger partial charge in [-0.3, -0.25) is 0 Å². The largest absolute Gasteiger partial charge is 0.541 e. The quantitative estimate of drug-likeness (QED) is 0.0737. The molecule has 224 valence electrons. The molecule has 0 bridgehead atoms. The van der Waals surface area contributed by atoms with Crippen molar-refractivity contribution < 1.29 is 26.8 Å². The molecule has 1 unspecified atom stereocenters. The first kappa shape index (κ1) is 37.5. The van der Waals surface area contributed by atoms with E-state index in [-0.39, 0.29) is 0 Å². The summed E-state index contributed by atoms with van der Waals surface area (Å²) >= 11 is 0. The van der Waals surface area contributed by atoms with Crippen molar-refractivity contribution in [3.8, 4) is 0 Å². The predicted octanol–water partition coefficient (Wildman–Crippen LogP) is 8.02. The van der Waals surface area contributed by atoms with E-state index >= 15 is 0 Å². The number of hydrogen-bond acceptors (Lipinski definition) is 8. The summed E-state index contributed by atoms with van der Waals surface area (Å²) in [6, 6.07) is 0. The van der Waals surface area contributed by atoms with E-state index in [0.717, 1.165) is 0 Å². The molecule has 0 saturated carbocycles. The highest BCUT2D eigenvalue weighted by Crippen LogP contribution is 2.25. The van der Waals surface area contributed by atoms with E-state index in [4.69, 9.17) is 31.9 Å². The van der Waals surface area contributed by atoms with Crippen molar-refractivity contribution in [1.82, 2.24) is 0 Å². The number of oxime groups is 2. The number of allylic oxidation sites excluding steroid dienone is 1. The van der Waals surface area contributed by atoms with Crippen LogP contribution in [0.5, 0.6) is 0 Å². The molecule has 0 spiro atoms. The van der Waals surface area contributed by atoms with Crippen LogP contribution in [0.3, 0.4) is 0 Å². The molecule has 8 nitrogen and oxygen atoms in total. The number of rotatable bonds is 16. The smallest absolute Gasteiger partial charge is 0.278 e. The Balaban J connectivity index is 7.40. The van der Waals surface area contributed by atoms with Crippen molar-refractivity contribution in [3.05, 3.63) is 11.5 Å². The average molecular weight is 639 g/mol. The Morgan fingerprint density at radius 1 is 0.579 bits per heavy atom.